The van der Waals surface area contributed by atoms with Gasteiger partial charge >= 0.3 is 0 Å². The number of aryl methyl sites for hydroxylation is 2. The number of anilines is 1. The van der Waals surface area contributed by atoms with Gasteiger partial charge in [0, 0.05) is 23.1 Å². The Balaban J connectivity index is 2.00. The summed E-state index contributed by atoms with van der Waals surface area (Å²) in [5.74, 6) is -1.40. The Morgan fingerprint density at radius 2 is 1.78 bits per heavy atom. The second-order valence-electron chi connectivity index (χ2n) is 7.58. The quantitative estimate of drug-likeness (QED) is 0.345. The van der Waals surface area contributed by atoms with E-state index in [0.717, 1.165) is 11.1 Å². The summed E-state index contributed by atoms with van der Waals surface area (Å²) >= 11 is 6.11. The maximum Gasteiger partial charge on any atom is 0.300 e. The van der Waals surface area contributed by atoms with Gasteiger partial charge in [-0.15, -0.1) is 0 Å². The Morgan fingerprint density at radius 3 is 2.44 bits per heavy atom. The van der Waals surface area contributed by atoms with Crippen LogP contribution < -0.4 is 9.64 Å². The summed E-state index contributed by atoms with van der Waals surface area (Å²) in [6, 6.07) is 13.0. The average molecular weight is 449 g/mol. The number of benzene rings is 2. The lowest BCUT2D eigenvalue weighted by atomic mass is 9.94. The van der Waals surface area contributed by atoms with Crippen LogP contribution in [0.5, 0.6) is 5.75 Å². The molecule has 1 fully saturated rings. The van der Waals surface area contributed by atoms with Gasteiger partial charge in [-0.3, -0.25) is 19.5 Å². The first-order valence-electron chi connectivity index (χ1n) is 9.95. The molecule has 162 valence electrons. The van der Waals surface area contributed by atoms with Crippen LogP contribution in [0.2, 0.25) is 5.02 Å². The number of carbonyl (C=O) groups is 2. The Bertz CT molecular complexity index is 1250. The summed E-state index contributed by atoms with van der Waals surface area (Å²) in [4.78, 5) is 31.9. The lowest BCUT2D eigenvalue weighted by molar-refractivity contribution is -0.132. The van der Waals surface area contributed by atoms with E-state index in [0.29, 0.717) is 27.6 Å². The van der Waals surface area contributed by atoms with E-state index < -0.39 is 17.7 Å². The molecule has 2 aromatic carbocycles. The van der Waals surface area contributed by atoms with Crippen LogP contribution in [0.1, 0.15) is 28.3 Å². The Labute approximate surface area is 190 Å². The number of carbonyl (C=O) groups excluding carboxylic acids is 2. The van der Waals surface area contributed by atoms with Crippen molar-refractivity contribution >= 4 is 34.7 Å². The lowest BCUT2D eigenvalue weighted by Crippen LogP contribution is -2.30. The summed E-state index contributed by atoms with van der Waals surface area (Å²) in [6.07, 6.45) is 3.16. The van der Waals surface area contributed by atoms with Gasteiger partial charge in [0.15, 0.2) is 0 Å². The van der Waals surface area contributed by atoms with Crippen molar-refractivity contribution in [3.8, 4) is 5.75 Å². The minimum absolute atomic E-state index is 0.0144. The highest BCUT2D eigenvalue weighted by Gasteiger charge is 2.47. The number of aliphatic hydroxyl groups is 1. The Hall–Kier alpha value is -3.64. The standard InChI is InChI=1S/C25H21ClN2O4/c1-14-4-7-20(32-3)18(12-14)23(29)21-22(16-8-10-27-11-9-16)28(25(31)24(21)30)19-6-5-17(26)13-15(19)2/h4-13,22,29H,1-3H3/b23-21+. The molecule has 0 aliphatic carbocycles. The van der Waals surface area contributed by atoms with Gasteiger partial charge in [0.05, 0.1) is 24.3 Å². The van der Waals surface area contributed by atoms with E-state index in [1.165, 1.54) is 12.0 Å². The highest BCUT2D eigenvalue weighted by Crippen LogP contribution is 2.44. The number of amides is 1. The van der Waals surface area contributed by atoms with Gasteiger partial charge < -0.3 is 9.84 Å². The second kappa shape index (κ2) is 8.48. The van der Waals surface area contributed by atoms with Gasteiger partial charge in [-0.05, 0) is 67.4 Å². The first-order valence-corrected chi connectivity index (χ1v) is 10.3. The van der Waals surface area contributed by atoms with E-state index in [1.54, 1.807) is 54.9 Å². The van der Waals surface area contributed by atoms with E-state index in [4.69, 9.17) is 16.3 Å². The molecule has 1 aromatic heterocycles. The first kappa shape index (κ1) is 21.6. The number of ether oxygens (including phenoxy) is 1. The zero-order valence-corrected chi connectivity index (χ0v) is 18.6. The molecule has 7 heteroatoms. The number of hydrogen-bond donors (Lipinski definition) is 1. The van der Waals surface area contributed by atoms with E-state index in [9.17, 15) is 14.7 Å². The molecule has 1 aliphatic heterocycles. The number of pyridine rings is 1. The molecule has 0 spiro atoms. The smallest absolute Gasteiger partial charge is 0.300 e. The topological polar surface area (TPSA) is 79.7 Å². The molecule has 1 amide bonds. The third-order valence-corrected chi connectivity index (χ3v) is 5.73. The van der Waals surface area contributed by atoms with Gasteiger partial charge in [-0.2, -0.15) is 0 Å². The van der Waals surface area contributed by atoms with Crippen molar-refractivity contribution in [1.82, 2.24) is 4.98 Å². The Kier molecular flexibility index (Phi) is 5.72. The maximum absolute atomic E-state index is 13.3. The van der Waals surface area contributed by atoms with Gasteiger partial charge in [-0.25, -0.2) is 0 Å². The number of aliphatic hydroxyl groups excluding tert-OH is 1. The molecule has 0 saturated carbocycles. The van der Waals surface area contributed by atoms with Crippen LogP contribution in [-0.2, 0) is 9.59 Å². The van der Waals surface area contributed by atoms with Crippen LogP contribution in [0.15, 0.2) is 66.5 Å². The fraction of sp³-hybridized carbons (Fsp3) is 0.160. The number of ketones is 1. The number of rotatable bonds is 4. The summed E-state index contributed by atoms with van der Waals surface area (Å²) < 4.78 is 5.40. The number of aromatic nitrogens is 1. The van der Waals surface area contributed by atoms with Crippen LogP contribution in [0.3, 0.4) is 0 Å². The van der Waals surface area contributed by atoms with Crippen molar-refractivity contribution < 1.29 is 19.4 Å². The van der Waals surface area contributed by atoms with Crippen molar-refractivity contribution in [2.45, 2.75) is 19.9 Å². The minimum atomic E-state index is -0.844. The fourth-order valence-electron chi connectivity index (χ4n) is 3.98. The molecule has 1 N–H and O–H groups in total. The number of Topliss-reactive ketones (excluding diaryl/α,β-unsaturated/α-hetero) is 1. The predicted molar refractivity (Wildman–Crippen MR) is 123 cm³/mol. The molecule has 0 radical (unpaired) electrons. The first-order chi connectivity index (χ1) is 15.3. The number of nitrogens with zero attached hydrogens (tertiary/aromatic N) is 2. The van der Waals surface area contributed by atoms with Crippen molar-refractivity contribution in [3.63, 3.8) is 0 Å². The molecule has 1 atom stereocenters. The van der Waals surface area contributed by atoms with Crippen LogP contribution in [0.4, 0.5) is 5.69 Å². The predicted octanol–water partition coefficient (Wildman–Crippen LogP) is 4.99. The number of hydrogen-bond acceptors (Lipinski definition) is 5. The van der Waals surface area contributed by atoms with Crippen LogP contribution in [0, 0.1) is 13.8 Å². The van der Waals surface area contributed by atoms with Gasteiger partial charge in [0.1, 0.15) is 11.5 Å². The number of halogens is 1. The van der Waals surface area contributed by atoms with E-state index in [-0.39, 0.29) is 11.3 Å². The van der Waals surface area contributed by atoms with Gasteiger partial charge in [-0.1, -0.05) is 23.2 Å². The molecule has 1 aliphatic rings. The molecular formula is C25H21ClN2O4. The van der Waals surface area contributed by atoms with E-state index in [2.05, 4.69) is 4.98 Å². The molecule has 6 nitrogen and oxygen atoms in total. The normalized spacial score (nSPS) is 17.6. The molecule has 4 rings (SSSR count). The van der Waals surface area contributed by atoms with Crippen molar-refractivity contribution in [1.29, 1.82) is 0 Å². The molecule has 1 saturated heterocycles. The molecule has 1 unspecified atom stereocenters. The molecular weight excluding hydrogens is 428 g/mol. The van der Waals surface area contributed by atoms with Crippen LogP contribution in [0.25, 0.3) is 5.76 Å². The highest BCUT2D eigenvalue weighted by molar-refractivity contribution is 6.52. The molecule has 2 heterocycles. The Morgan fingerprint density at radius 1 is 1.06 bits per heavy atom. The monoisotopic (exact) mass is 448 g/mol. The summed E-state index contributed by atoms with van der Waals surface area (Å²) in [5, 5.41) is 11.8. The molecule has 0 bridgehead atoms. The molecule has 32 heavy (non-hydrogen) atoms. The second-order valence-corrected chi connectivity index (χ2v) is 8.02. The third kappa shape index (κ3) is 3.63. The van der Waals surface area contributed by atoms with Crippen molar-refractivity contribution in [3.05, 3.63) is 93.8 Å². The lowest BCUT2D eigenvalue weighted by Gasteiger charge is -2.27. The summed E-state index contributed by atoms with van der Waals surface area (Å²) in [5.41, 5.74) is 3.11. The van der Waals surface area contributed by atoms with E-state index >= 15 is 0 Å². The third-order valence-electron chi connectivity index (χ3n) is 5.49. The van der Waals surface area contributed by atoms with E-state index in [1.807, 2.05) is 19.9 Å². The van der Waals surface area contributed by atoms with Gasteiger partial charge in [0.25, 0.3) is 11.7 Å². The SMILES string of the molecule is COc1ccc(C)cc1/C(O)=C1\C(=O)C(=O)N(c2ccc(Cl)cc2C)C1c1ccncc1. The highest BCUT2D eigenvalue weighted by atomic mass is 35.5. The zero-order chi connectivity index (χ0) is 23.0. The minimum Gasteiger partial charge on any atom is -0.507 e. The van der Waals surface area contributed by atoms with Crippen molar-refractivity contribution in [2.24, 2.45) is 0 Å². The zero-order valence-electron chi connectivity index (χ0n) is 17.8. The van der Waals surface area contributed by atoms with Gasteiger partial charge in [0.2, 0.25) is 0 Å². The number of methoxy groups -OCH3 is 1. The van der Waals surface area contributed by atoms with Crippen molar-refractivity contribution in [2.75, 3.05) is 12.0 Å². The van der Waals surface area contributed by atoms with Crippen LogP contribution in [-0.4, -0.2) is 28.9 Å². The summed E-state index contributed by atoms with van der Waals surface area (Å²) in [6.45, 7) is 3.68. The fourth-order valence-corrected chi connectivity index (χ4v) is 4.21. The summed E-state index contributed by atoms with van der Waals surface area (Å²) in [7, 11) is 1.48. The van der Waals surface area contributed by atoms with Crippen LogP contribution >= 0.6 is 11.6 Å². The average Bonchev–Trinajstić information content (AvgIpc) is 3.04. The largest absolute Gasteiger partial charge is 0.507 e. The maximum atomic E-state index is 13.3. The molecule has 3 aromatic rings.